The van der Waals surface area contributed by atoms with Gasteiger partial charge in [0.1, 0.15) is 0 Å². The quantitative estimate of drug-likeness (QED) is 0.757. The van der Waals surface area contributed by atoms with Crippen LogP contribution in [0, 0.1) is 0 Å². The monoisotopic (exact) mass is 284 g/mol. The van der Waals surface area contributed by atoms with Gasteiger partial charge in [0.15, 0.2) is 0 Å². The second-order valence-electron chi connectivity index (χ2n) is 5.08. The first-order chi connectivity index (χ1) is 10.1. The van der Waals surface area contributed by atoms with Crippen LogP contribution in [-0.2, 0) is 0 Å². The first-order valence-corrected chi connectivity index (χ1v) is 6.93. The Labute approximate surface area is 124 Å². The van der Waals surface area contributed by atoms with Crippen LogP contribution in [0.5, 0.6) is 0 Å². The second-order valence-corrected chi connectivity index (χ2v) is 5.08. The molecule has 2 aromatic rings. The average molecular weight is 284 g/mol. The van der Waals surface area contributed by atoms with Gasteiger partial charge < -0.3 is 16.2 Å². The largest absolute Gasteiger partial charge is 0.395 e. The maximum absolute atomic E-state index is 11.4. The van der Waals surface area contributed by atoms with Crippen LogP contribution < -0.4 is 11.1 Å². The number of rotatable bonds is 6. The first-order valence-electron chi connectivity index (χ1n) is 6.93. The number of amides is 1. The molecule has 0 saturated heterocycles. The van der Waals surface area contributed by atoms with E-state index in [-0.39, 0.29) is 18.7 Å². The molecule has 4 heteroatoms. The maximum atomic E-state index is 11.4. The number of nitrogens with two attached hydrogens (primary N) is 1. The van der Waals surface area contributed by atoms with Gasteiger partial charge in [0, 0.05) is 11.6 Å². The molecule has 2 unspecified atom stereocenters. The van der Waals surface area contributed by atoms with Gasteiger partial charge in [0.05, 0.1) is 12.6 Å². The van der Waals surface area contributed by atoms with Gasteiger partial charge in [-0.15, -0.1) is 0 Å². The lowest BCUT2D eigenvalue weighted by atomic mass is 9.96. The van der Waals surface area contributed by atoms with Crippen molar-refractivity contribution in [3.8, 4) is 0 Å². The average Bonchev–Trinajstić information content (AvgIpc) is 2.53. The first kappa shape index (κ1) is 15.2. The number of nitrogens with one attached hydrogen (secondary N) is 1. The third kappa shape index (κ3) is 3.90. The summed E-state index contributed by atoms with van der Waals surface area (Å²) >= 11 is 0. The highest BCUT2D eigenvalue weighted by molar-refractivity contribution is 5.92. The number of primary amides is 1. The Hall–Kier alpha value is -2.17. The fraction of sp³-hybridized carbons (Fsp3) is 0.235. The highest BCUT2D eigenvalue weighted by Gasteiger charge is 2.17. The maximum Gasteiger partial charge on any atom is 0.248 e. The number of aliphatic hydroxyl groups is 1. The summed E-state index contributed by atoms with van der Waals surface area (Å²) in [5.74, 6) is -0.445. The number of carbonyl (C=O) groups excluding carboxylic acids is 1. The topological polar surface area (TPSA) is 75.3 Å². The Morgan fingerprint density at radius 1 is 1.14 bits per heavy atom. The predicted octanol–water partition coefficient (Wildman–Crippen LogP) is 1.85. The van der Waals surface area contributed by atoms with Crippen molar-refractivity contribution >= 4 is 5.91 Å². The van der Waals surface area contributed by atoms with Gasteiger partial charge in [-0.05, 0) is 30.2 Å². The summed E-state index contributed by atoms with van der Waals surface area (Å²) in [6.45, 7) is 1.95. The van der Waals surface area contributed by atoms with E-state index in [0.717, 1.165) is 11.1 Å². The summed E-state index contributed by atoms with van der Waals surface area (Å²) in [6, 6.07) is 17.0. The summed E-state index contributed by atoms with van der Waals surface area (Å²) in [5, 5.41) is 12.6. The van der Waals surface area contributed by atoms with E-state index in [0.29, 0.717) is 5.56 Å². The minimum absolute atomic E-state index is 0.0405. The van der Waals surface area contributed by atoms with Gasteiger partial charge in [-0.3, -0.25) is 4.79 Å². The smallest absolute Gasteiger partial charge is 0.248 e. The molecule has 2 rings (SSSR count). The second kappa shape index (κ2) is 7.02. The molecule has 4 N–H and O–H groups in total. The van der Waals surface area contributed by atoms with Gasteiger partial charge in [-0.2, -0.15) is 0 Å². The number of hydrogen-bond acceptors (Lipinski definition) is 3. The lowest BCUT2D eigenvalue weighted by Gasteiger charge is -2.23. The van der Waals surface area contributed by atoms with Crippen molar-refractivity contribution in [3.05, 3.63) is 71.3 Å². The van der Waals surface area contributed by atoms with Crippen molar-refractivity contribution in [1.82, 2.24) is 5.32 Å². The van der Waals surface area contributed by atoms with Crippen molar-refractivity contribution in [2.75, 3.05) is 6.61 Å². The van der Waals surface area contributed by atoms with E-state index in [1.54, 1.807) is 12.1 Å². The molecule has 0 saturated carbocycles. The molecule has 0 spiro atoms. The molecule has 0 heterocycles. The molecule has 21 heavy (non-hydrogen) atoms. The van der Waals surface area contributed by atoms with Crippen LogP contribution in [0.3, 0.4) is 0 Å². The van der Waals surface area contributed by atoms with Crippen LogP contribution in [0.15, 0.2) is 54.6 Å². The molecular weight excluding hydrogens is 264 g/mol. The van der Waals surface area contributed by atoms with Gasteiger partial charge in [0.2, 0.25) is 5.91 Å². The standard InChI is InChI=1S/C17H20N2O2/c1-12(11-20)19-16(13-6-3-2-4-7-13)14-8-5-9-15(10-14)17(18)21/h2-10,12,16,19-20H,11H2,1H3,(H2,18,21). The number of aliphatic hydroxyl groups excluding tert-OH is 1. The van der Waals surface area contributed by atoms with E-state index in [1.165, 1.54) is 0 Å². The minimum Gasteiger partial charge on any atom is -0.395 e. The van der Waals surface area contributed by atoms with E-state index in [9.17, 15) is 9.90 Å². The zero-order valence-corrected chi connectivity index (χ0v) is 12.0. The van der Waals surface area contributed by atoms with Crippen LogP contribution in [0.2, 0.25) is 0 Å². The lowest BCUT2D eigenvalue weighted by molar-refractivity contribution is 0.1000. The third-order valence-electron chi connectivity index (χ3n) is 3.36. The summed E-state index contributed by atoms with van der Waals surface area (Å²) in [7, 11) is 0. The normalized spacial score (nSPS) is 13.6. The van der Waals surface area contributed by atoms with Gasteiger partial charge in [-0.25, -0.2) is 0 Å². The van der Waals surface area contributed by atoms with E-state index >= 15 is 0 Å². The molecule has 0 radical (unpaired) electrons. The summed E-state index contributed by atoms with van der Waals surface area (Å²) in [6.07, 6.45) is 0. The minimum atomic E-state index is -0.445. The number of carbonyl (C=O) groups is 1. The van der Waals surface area contributed by atoms with Crippen LogP contribution in [0.1, 0.15) is 34.5 Å². The molecule has 0 aliphatic heterocycles. The van der Waals surface area contributed by atoms with E-state index in [2.05, 4.69) is 5.32 Å². The fourth-order valence-corrected chi connectivity index (χ4v) is 2.24. The molecule has 4 nitrogen and oxygen atoms in total. The van der Waals surface area contributed by atoms with Crippen molar-refractivity contribution in [2.24, 2.45) is 5.73 Å². The van der Waals surface area contributed by atoms with Crippen LogP contribution >= 0.6 is 0 Å². The molecule has 0 aliphatic carbocycles. The molecular formula is C17H20N2O2. The van der Waals surface area contributed by atoms with E-state index < -0.39 is 5.91 Å². The molecule has 2 atom stereocenters. The van der Waals surface area contributed by atoms with Crippen molar-refractivity contribution < 1.29 is 9.90 Å². The zero-order valence-electron chi connectivity index (χ0n) is 12.0. The molecule has 0 fully saturated rings. The zero-order chi connectivity index (χ0) is 15.2. The Balaban J connectivity index is 2.39. The van der Waals surface area contributed by atoms with Crippen molar-refractivity contribution in [1.29, 1.82) is 0 Å². The number of benzene rings is 2. The SMILES string of the molecule is CC(CO)NC(c1ccccc1)c1cccc(C(N)=O)c1. The van der Waals surface area contributed by atoms with Crippen molar-refractivity contribution in [2.45, 2.75) is 19.0 Å². The van der Waals surface area contributed by atoms with Gasteiger partial charge >= 0.3 is 0 Å². The molecule has 0 aromatic heterocycles. The van der Waals surface area contributed by atoms with Gasteiger partial charge in [0.25, 0.3) is 0 Å². The molecule has 110 valence electrons. The Morgan fingerprint density at radius 2 is 1.81 bits per heavy atom. The number of hydrogen-bond donors (Lipinski definition) is 3. The molecule has 0 bridgehead atoms. The van der Waals surface area contributed by atoms with Crippen molar-refractivity contribution in [3.63, 3.8) is 0 Å². The summed E-state index contributed by atoms with van der Waals surface area (Å²) in [5.41, 5.74) is 7.84. The highest BCUT2D eigenvalue weighted by atomic mass is 16.3. The van der Waals surface area contributed by atoms with E-state index in [1.807, 2.05) is 49.4 Å². The molecule has 2 aromatic carbocycles. The Bertz CT molecular complexity index is 599. The predicted molar refractivity (Wildman–Crippen MR) is 82.9 cm³/mol. The summed E-state index contributed by atoms with van der Waals surface area (Å²) < 4.78 is 0. The third-order valence-corrected chi connectivity index (χ3v) is 3.36. The molecule has 1 amide bonds. The molecule has 0 aliphatic rings. The fourth-order valence-electron chi connectivity index (χ4n) is 2.24. The van der Waals surface area contributed by atoms with Crippen LogP contribution in [0.4, 0.5) is 0 Å². The lowest BCUT2D eigenvalue weighted by Crippen LogP contribution is -2.34. The van der Waals surface area contributed by atoms with Gasteiger partial charge in [-0.1, -0.05) is 42.5 Å². The summed E-state index contributed by atoms with van der Waals surface area (Å²) in [4.78, 5) is 11.4. The van der Waals surface area contributed by atoms with Crippen LogP contribution in [0.25, 0.3) is 0 Å². The van der Waals surface area contributed by atoms with E-state index in [4.69, 9.17) is 5.73 Å². The highest BCUT2D eigenvalue weighted by Crippen LogP contribution is 2.23. The van der Waals surface area contributed by atoms with Crippen LogP contribution in [-0.4, -0.2) is 23.7 Å². The Kier molecular flexibility index (Phi) is 5.09. The Morgan fingerprint density at radius 3 is 2.43 bits per heavy atom.